The quantitative estimate of drug-likeness (QED) is 0.494. The molecule has 21 heavy (non-hydrogen) atoms. The van der Waals surface area contributed by atoms with Crippen molar-refractivity contribution >= 4 is 0 Å². The molecule has 0 unspecified atom stereocenters. The van der Waals surface area contributed by atoms with Crippen molar-refractivity contribution in [1.29, 1.82) is 0 Å². The van der Waals surface area contributed by atoms with Gasteiger partial charge in [0.2, 0.25) is 0 Å². The molecule has 0 bridgehead atoms. The zero-order chi connectivity index (χ0) is 14.9. The molecule has 0 spiro atoms. The highest BCUT2D eigenvalue weighted by Crippen LogP contribution is 2.27. The van der Waals surface area contributed by atoms with Crippen LogP contribution in [0.2, 0.25) is 0 Å². The van der Waals surface area contributed by atoms with E-state index in [1.54, 1.807) is 0 Å². The summed E-state index contributed by atoms with van der Waals surface area (Å²) < 4.78 is 0. The molecule has 0 aromatic heterocycles. The van der Waals surface area contributed by atoms with Gasteiger partial charge >= 0.3 is 0 Å². The lowest BCUT2D eigenvalue weighted by atomic mass is 10.1. The maximum atomic E-state index is 3.75. The lowest BCUT2D eigenvalue weighted by Gasteiger charge is -2.22. The van der Waals surface area contributed by atoms with Gasteiger partial charge in [-0.2, -0.15) is 0 Å². The standard InChI is InChI=1S/C19H30N2/c1-3-4-13-20-14-7-15-21(19-10-11-19)16-12-18-9-6-5-8-17(18)2/h3,5-6,8-9,19-20H,1,4,7,10-16H2,2H3. The molecule has 1 aromatic rings. The van der Waals surface area contributed by atoms with E-state index in [2.05, 4.69) is 48.0 Å². The minimum Gasteiger partial charge on any atom is -0.316 e. The molecule has 1 N–H and O–H groups in total. The van der Waals surface area contributed by atoms with Crippen LogP contribution in [0.5, 0.6) is 0 Å². The second-order valence-corrected chi connectivity index (χ2v) is 6.12. The van der Waals surface area contributed by atoms with Crippen molar-refractivity contribution in [3.63, 3.8) is 0 Å². The molecule has 2 nitrogen and oxygen atoms in total. The third-order valence-corrected chi connectivity index (χ3v) is 4.32. The van der Waals surface area contributed by atoms with Crippen LogP contribution in [-0.2, 0) is 6.42 Å². The minimum atomic E-state index is 0.863. The fourth-order valence-corrected chi connectivity index (χ4v) is 2.81. The molecule has 1 aromatic carbocycles. The van der Waals surface area contributed by atoms with Crippen LogP contribution in [0.3, 0.4) is 0 Å². The smallest absolute Gasteiger partial charge is 0.00965 e. The Morgan fingerprint density at radius 1 is 1.24 bits per heavy atom. The van der Waals surface area contributed by atoms with Crippen LogP contribution >= 0.6 is 0 Å². The predicted molar refractivity (Wildman–Crippen MR) is 91.8 cm³/mol. The van der Waals surface area contributed by atoms with Crippen molar-refractivity contribution in [1.82, 2.24) is 10.2 Å². The Balaban J connectivity index is 1.68. The Kier molecular flexibility index (Phi) is 6.98. The first kappa shape index (κ1) is 16.3. The Labute approximate surface area is 130 Å². The molecule has 0 aliphatic heterocycles. The monoisotopic (exact) mass is 286 g/mol. The van der Waals surface area contributed by atoms with Crippen molar-refractivity contribution in [3.05, 3.63) is 48.0 Å². The highest BCUT2D eigenvalue weighted by molar-refractivity contribution is 5.25. The number of nitrogens with zero attached hydrogens (tertiary/aromatic N) is 1. The SMILES string of the molecule is C=CCCNCCCN(CCc1ccccc1C)C1CC1. The number of hydrogen-bond donors (Lipinski definition) is 1. The van der Waals surface area contributed by atoms with Gasteiger partial charge in [-0.3, -0.25) is 0 Å². The van der Waals surface area contributed by atoms with Gasteiger partial charge in [0.15, 0.2) is 0 Å². The van der Waals surface area contributed by atoms with Crippen molar-refractivity contribution in [2.75, 3.05) is 26.2 Å². The number of aryl methyl sites for hydroxylation is 1. The van der Waals surface area contributed by atoms with Gasteiger partial charge in [0.05, 0.1) is 0 Å². The predicted octanol–water partition coefficient (Wildman–Crippen LogP) is 3.56. The molecule has 0 amide bonds. The molecule has 1 aliphatic rings. The third kappa shape index (κ3) is 6.03. The Bertz CT molecular complexity index is 423. The molecule has 1 saturated carbocycles. The summed E-state index contributed by atoms with van der Waals surface area (Å²) in [6, 6.07) is 9.65. The van der Waals surface area contributed by atoms with E-state index in [1.807, 2.05) is 6.08 Å². The van der Waals surface area contributed by atoms with Crippen molar-refractivity contribution in [3.8, 4) is 0 Å². The minimum absolute atomic E-state index is 0.863. The van der Waals surface area contributed by atoms with Crippen LogP contribution in [0, 0.1) is 6.92 Å². The van der Waals surface area contributed by atoms with Gasteiger partial charge in [0, 0.05) is 12.6 Å². The van der Waals surface area contributed by atoms with E-state index in [-0.39, 0.29) is 0 Å². The maximum Gasteiger partial charge on any atom is 0.00965 e. The van der Waals surface area contributed by atoms with Crippen molar-refractivity contribution < 1.29 is 0 Å². The van der Waals surface area contributed by atoms with Crippen LogP contribution in [-0.4, -0.2) is 37.1 Å². The molecule has 0 saturated heterocycles. The number of benzene rings is 1. The zero-order valence-corrected chi connectivity index (χ0v) is 13.5. The van der Waals surface area contributed by atoms with Gasteiger partial charge in [-0.05, 0) is 69.8 Å². The molecule has 2 rings (SSSR count). The molecular weight excluding hydrogens is 256 g/mol. The van der Waals surface area contributed by atoms with Gasteiger partial charge in [-0.15, -0.1) is 6.58 Å². The third-order valence-electron chi connectivity index (χ3n) is 4.32. The van der Waals surface area contributed by atoms with E-state index in [4.69, 9.17) is 0 Å². The lowest BCUT2D eigenvalue weighted by molar-refractivity contribution is 0.262. The second-order valence-electron chi connectivity index (χ2n) is 6.12. The fraction of sp³-hybridized carbons (Fsp3) is 0.579. The molecular formula is C19H30N2. The van der Waals surface area contributed by atoms with E-state index in [0.717, 1.165) is 25.6 Å². The molecule has 1 aliphatic carbocycles. The summed E-state index contributed by atoms with van der Waals surface area (Å²) in [4.78, 5) is 2.70. The summed E-state index contributed by atoms with van der Waals surface area (Å²) in [5.74, 6) is 0. The van der Waals surface area contributed by atoms with Crippen LogP contribution < -0.4 is 5.32 Å². The van der Waals surface area contributed by atoms with E-state index in [0.29, 0.717) is 0 Å². The summed E-state index contributed by atoms with van der Waals surface area (Å²) in [6.07, 6.45) is 8.29. The summed E-state index contributed by atoms with van der Waals surface area (Å²) in [5, 5.41) is 3.49. The van der Waals surface area contributed by atoms with Crippen molar-refractivity contribution in [2.45, 2.75) is 45.1 Å². The average Bonchev–Trinajstić information content (AvgIpc) is 3.32. The van der Waals surface area contributed by atoms with E-state index in [9.17, 15) is 0 Å². The molecule has 2 heteroatoms. The fourth-order valence-electron chi connectivity index (χ4n) is 2.81. The molecule has 0 radical (unpaired) electrons. The van der Waals surface area contributed by atoms with E-state index < -0.39 is 0 Å². The Morgan fingerprint density at radius 2 is 2.05 bits per heavy atom. The van der Waals surface area contributed by atoms with Gasteiger partial charge < -0.3 is 10.2 Å². The highest BCUT2D eigenvalue weighted by Gasteiger charge is 2.28. The van der Waals surface area contributed by atoms with E-state index >= 15 is 0 Å². The number of hydrogen-bond acceptors (Lipinski definition) is 2. The summed E-state index contributed by atoms with van der Waals surface area (Å²) >= 11 is 0. The first-order valence-electron chi connectivity index (χ1n) is 8.41. The first-order valence-corrected chi connectivity index (χ1v) is 8.41. The summed E-state index contributed by atoms with van der Waals surface area (Å²) in [6.45, 7) is 10.6. The topological polar surface area (TPSA) is 15.3 Å². The number of nitrogens with one attached hydrogen (secondary N) is 1. The largest absolute Gasteiger partial charge is 0.316 e. The van der Waals surface area contributed by atoms with Crippen LogP contribution in [0.15, 0.2) is 36.9 Å². The second kappa shape index (κ2) is 9.01. The molecule has 0 heterocycles. The first-order chi connectivity index (χ1) is 10.3. The average molecular weight is 286 g/mol. The molecule has 116 valence electrons. The van der Waals surface area contributed by atoms with Gasteiger partial charge in [-0.25, -0.2) is 0 Å². The van der Waals surface area contributed by atoms with Gasteiger partial charge in [0.1, 0.15) is 0 Å². The summed E-state index contributed by atoms with van der Waals surface area (Å²) in [5.41, 5.74) is 2.94. The molecule has 0 atom stereocenters. The van der Waals surface area contributed by atoms with Crippen molar-refractivity contribution in [2.24, 2.45) is 0 Å². The Hall–Kier alpha value is -1.12. The Morgan fingerprint density at radius 3 is 2.76 bits per heavy atom. The van der Waals surface area contributed by atoms with Crippen LogP contribution in [0.4, 0.5) is 0 Å². The normalized spacial score (nSPS) is 14.6. The summed E-state index contributed by atoms with van der Waals surface area (Å²) in [7, 11) is 0. The van der Waals surface area contributed by atoms with Crippen LogP contribution in [0.1, 0.15) is 36.8 Å². The lowest BCUT2D eigenvalue weighted by Crippen LogP contribution is -2.31. The van der Waals surface area contributed by atoms with E-state index in [1.165, 1.54) is 49.9 Å². The van der Waals surface area contributed by atoms with Gasteiger partial charge in [0.25, 0.3) is 0 Å². The maximum absolute atomic E-state index is 3.75. The number of rotatable bonds is 11. The molecule has 1 fully saturated rings. The highest BCUT2D eigenvalue weighted by atomic mass is 15.2. The zero-order valence-electron chi connectivity index (χ0n) is 13.5. The van der Waals surface area contributed by atoms with Gasteiger partial charge in [-0.1, -0.05) is 30.3 Å². The van der Waals surface area contributed by atoms with Crippen LogP contribution in [0.25, 0.3) is 0 Å².